The van der Waals surface area contributed by atoms with E-state index >= 15 is 0 Å². The molecule has 0 aromatic heterocycles. The third kappa shape index (κ3) is 13.1. The molecule has 4 aromatic carbocycles. The fourth-order valence-electron chi connectivity index (χ4n) is 5.69. The molecule has 2 fully saturated rings. The number of ether oxygens (including phenoxy) is 3. The summed E-state index contributed by atoms with van der Waals surface area (Å²) in [5, 5.41) is 15.1. The first kappa shape index (κ1) is 46.9. The monoisotopic (exact) mass is 1010 g/mol. The summed E-state index contributed by atoms with van der Waals surface area (Å²) < 4.78 is 73.0. The van der Waals surface area contributed by atoms with Crippen molar-refractivity contribution in [3.63, 3.8) is 0 Å². The zero-order valence-corrected chi connectivity index (χ0v) is 36.6. The van der Waals surface area contributed by atoms with Crippen LogP contribution in [0.4, 0.5) is 17.6 Å². The molecular formula is C39H38BBr3F4N4O8. The van der Waals surface area contributed by atoms with Crippen molar-refractivity contribution in [2.45, 2.75) is 26.7 Å². The lowest BCUT2D eigenvalue weighted by molar-refractivity contribution is -0.124. The van der Waals surface area contributed by atoms with Gasteiger partial charge in [0, 0.05) is 49.4 Å². The summed E-state index contributed by atoms with van der Waals surface area (Å²) in [5.74, 6) is -4.80. The summed E-state index contributed by atoms with van der Waals surface area (Å²) in [5.41, 5.74) is 0.924. The van der Waals surface area contributed by atoms with Crippen LogP contribution in [-0.2, 0) is 22.4 Å². The number of methoxy groups -OCH3 is 1. The minimum absolute atomic E-state index is 0.0304. The predicted octanol–water partition coefficient (Wildman–Crippen LogP) is 7.65. The molecule has 59 heavy (non-hydrogen) atoms. The first-order valence-electron chi connectivity index (χ1n) is 17.9. The Morgan fingerprint density at radius 1 is 0.661 bits per heavy atom. The summed E-state index contributed by atoms with van der Waals surface area (Å²) in [7, 11) is 1.41. The molecule has 4 amide bonds. The van der Waals surface area contributed by atoms with Gasteiger partial charge in [-0.3, -0.25) is 19.2 Å². The van der Waals surface area contributed by atoms with Crippen molar-refractivity contribution in [2.24, 2.45) is 0 Å². The number of rotatable bonds is 9. The first-order valence-corrected chi connectivity index (χ1v) is 20.7. The number of hydrogen-bond acceptors (Lipinski definition) is 8. The lowest BCUT2D eigenvalue weighted by Crippen LogP contribution is -2.49. The van der Waals surface area contributed by atoms with Gasteiger partial charge in [0.15, 0.2) is 46.1 Å². The number of hydrogen-bond donors (Lipinski definition) is 3. The van der Waals surface area contributed by atoms with Crippen molar-refractivity contribution in [1.82, 2.24) is 20.4 Å². The number of aryl methyl sites for hydroxylation is 2. The second-order valence-electron chi connectivity index (χ2n) is 12.6. The predicted molar refractivity (Wildman–Crippen MR) is 223 cm³/mol. The van der Waals surface area contributed by atoms with Crippen molar-refractivity contribution < 1.29 is 56.1 Å². The number of carbonyl (C=O) groups excluding carboxylic acids is 4. The summed E-state index contributed by atoms with van der Waals surface area (Å²) in [6.07, 6.45) is 0.863. The minimum Gasteiger partial charge on any atom is -0.504 e. The van der Waals surface area contributed by atoms with Gasteiger partial charge in [-0.25, -0.2) is 17.6 Å². The van der Waals surface area contributed by atoms with Crippen molar-refractivity contribution in [3.05, 3.63) is 106 Å². The topological polar surface area (TPSA) is 147 Å². The quantitative estimate of drug-likeness (QED) is 0.115. The van der Waals surface area contributed by atoms with Gasteiger partial charge < -0.3 is 39.8 Å². The van der Waals surface area contributed by atoms with Gasteiger partial charge in [-0.15, -0.1) is 47.3 Å². The third-order valence-electron chi connectivity index (χ3n) is 8.67. The van der Waals surface area contributed by atoms with Gasteiger partial charge in [-0.1, -0.05) is 13.8 Å². The molecule has 4 aromatic rings. The van der Waals surface area contributed by atoms with E-state index in [9.17, 15) is 41.8 Å². The highest BCUT2D eigenvalue weighted by molar-refractivity contribution is 9.69. The molecule has 2 saturated heterocycles. The normalized spacial score (nSPS) is 13.5. The van der Waals surface area contributed by atoms with Crippen LogP contribution in [0.2, 0.25) is 0 Å². The molecule has 0 unspecified atom stereocenters. The van der Waals surface area contributed by atoms with Crippen LogP contribution in [0, 0.1) is 23.3 Å². The molecule has 12 nitrogen and oxygen atoms in total. The Hall–Kier alpha value is -4.82. The molecule has 2 aliphatic heterocycles. The second kappa shape index (κ2) is 22.0. The Morgan fingerprint density at radius 3 is 1.49 bits per heavy atom. The van der Waals surface area contributed by atoms with Crippen molar-refractivity contribution >= 4 is 74.1 Å². The molecule has 3 N–H and O–H groups in total. The maximum Gasteiger partial charge on any atom is 0.369 e. The number of nitrogens with zero attached hydrogens (tertiary/aromatic N) is 2. The van der Waals surface area contributed by atoms with Crippen LogP contribution in [0.1, 0.15) is 45.7 Å². The summed E-state index contributed by atoms with van der Waals surface area (Å²) in [6.45, 7) is 4.76. The van der Waals surface area contributed by atoms with Crippen LogP contribution in [0.5, 0.6) is 34.5 Å². The van der Waals surface area contributed by atoms with E-state index < -0.39 is 35.1 Å². The highest BCUT2D eigenvalue weighted by Gasteiger charge is 2.25. The smallest absolute Gasteiger partial charge is 0.369 e. The van der Waals surface area contributed by atoms with Crippen LogP contribution in [-0.4, -0.2) is 88.1 Å². The van der Waals surface area contributed by atoms with E-state index in [1.165, 1.54) is 53.3 Å². The van der Waals surface area contributed by atoms with Crippen molar-refractivity contribution in [3.8, 4) is 34.5 Å². The van der Waals surface area contributed by atoms with E-state index in [1.54, 1.807) is 13.8 Å². The van der Waals surface area contributed by atoms with Gasteiger partial charge in [0.25, 0.3) is 11.8 Å². The highest BCUT2D eigenvalue weighted by Crippen LogP contribution is 2.36. The number of carbonyl (C=O) groups is 4. The molecule has 2 aliphatic rings. The molecule has 314 valence electrons. The maximum absolute atomic E-state index is 14.5. The lowest BCUT2D eigenvalue weighted by atomic mass is 10.1. The van der Waals surface area contributed by atoms with E-state index in [-0.39, 0.29) is 73.7 Å². The second-order valence-corrected chi connectivity index (χ2v) is 19.0. The number of phenols is 1. The Labute approximate surface area is 362 Å². The molecular weight excluding hydrogens is 979 g/mol. The largest absolute Gasteiger partial charge is 0.504 e. The Kier molecular flexibility index (Phi) is 17.5. The Balaban J connectivity index is 0.000000239. The van der Waals surface area contributed by atoms with Gasteiger partial charge in [0.2, 0.25) is 11.8 Å². The Bertz CT molecular complexity index is 2190. The van der Waals surface area contributed by atoms with Gasteiger partial charge in [-0.2, -0.15) is 0 Å². The molecule has 0 atom stereocenters. The number of nitrogens with one attached hydrogen (secondary N) is 2. The number of halogens is 7. The SMILES string of the molecule is BrB(Br)Br.CCc1cc(O)c(Oc2ccc(C(=O)N3CCNC(=O)C3)cc2F)cc1F.CCc1cc(OC)c(Oc2ccc(C(=O)N3CCNC(=O)C3)cc2F)cc1F. The van der Waals surface area contributed by atoms with Crippen LogP contribution < -0.4 is 24.8 Å². The van der Waals surface area contributed by atoms with E-state index in [4.69, 9.17) is 14.2 Å². The Morgan fingerprint density at radius 2 is 1.08 bits per heavy atom. The van der Waals surface area contributed by atoms with Crippen LogP contribution in [0.25, 0.3) is 0 Å². The van der Waals surface area contributed by atoms with Crippen LogP contribution >= 0.6 is 47.3 Å². The van der Waals surface area contributed by atoms with Gasteiger partial charge in [0.05, 0.1) is 20.2 Å². The van der Waals surface area contributed by atoms with Gasteiger partial charge >= 0.3 is 3.18 Å². The average Bonchev–Trinajstić information content (AvgIpc) is 3.20. The molecule has 20 heteroatoms. The van der Waals surface area contributed by atoms with Crippen LogP contribution in [0.15, 0.2) is 60.7 Å². The highest BCUT2D eigenvalue weighted by atomic mass is 79.9. The summed E-state index contributed by atoms with van der Waals surface area (Å²) >= 11 is 9.31. The molecule has 0 radical (unpaired) electrons. The molecule has 0 saturated carbocycles. The third-order valence-corrected chi connectivity index (χ3v) is 8.67. The van der Waals surface area contributed by atoms with Gasteiger partial charge in [0.1, 0.15) is 11.6 Å². The van der Waals surface area contributed by atoms with E-state index in [2.05, 4.69) is 57.9 Å². The number of aromatic hydroxyl groups is 1. The lowest BCUT2D eigenvalue weighted by Gasteiger charge is -2.26. The first-order chi connectivity index (χ1) is 28.0. The zero-order chi connectivity index (χ0) is 43.4. The number of amides is 4. The number of benzene rings is 4. The van der Waals surface area contributed by atoms with Crippen LogP contribution in [0.3, 0.4) is 0 Å². The number of piperazine rings is 2. The van der Waals surface area contributed by atoms with E-state index in [1.807, 2.05) is 0 Å². The molecule has 2 heterocycles. The molecule has 0 aliphatic carbocycles. The molecule has 0 bridgehead atoms. The molecule has 0 spiro atoms. The van der Waals surface area contributed by atoms with E-state index in [0.717, 1.165) is 24.3 Å². The minimum atomic E-state index is -0.846. The summed E-state index contributed by atoms with van der Waals surface area (Å²) in [4.78, 5) is 50.3. The summed E-state index contributed by atoms with van der Waals surface area (Å²) in [6, 6.07) is 12.1. The number of phenolic OH excluding ortho intramolecular Hbond substituents is 1. The standard InChI is InChI=1S/C20H20F2N2O4.C19H18F2N2O4.BBr3/c1-3-12-9-17(27-2)18(10-14(12)21)28-16-5-4-13(8-15(16)22)20(26)24-7-6-23-19(25)11-24;1-2-11-8-15(24)17(9-13(11)20)27-16-4-3-12(7-14(16)21)19(26)23-6-5-22-18(25)10-23;2-1(3)4/h4-5,8-10H,3,6-7,11H2,1-2H3,(H,23,25);3-4,7-9,24H,2,5-6,10H2,1H3,(H,22,25);. The fraction of sp³-hybridized carbons (Fsp3) is 0.282. The van der Waals surface area contributed by atoms with Crippen molar-refractivity contribution in [1.29, 1.82) is 0 Å². The maximum atomic E-state index is 14.5. The fourth-order valence-corrected chi connectivity index (χ4v) is 5.69. The van der Waals surface area contributed by atoms with Crippen molar-refractivity contribution in [2.75, 3.05) is 46.4 Å². The van der Waals surface area contributed by atoms with E-state index in [0.29, 0.717) is 50.1 Å². The zero-order valence-electron chi connectivity index (χ0n) is 31.9. The molecule has 6 rings (SSSR count). The average molecular weight is 1020 g/mol. The van der Waals surface area contributed by atoms with Gasteiger partial charge in [-0.05, 0) is 72.5 Å².